The van der Waals surface area contributed by atoms with Crippen molar-refractivity contribution in [2.24, 2.45) is 0 Å². The normalized spacial score (nSPS) is 13.3. The van der Waals surface area contributed by atoms with Crippen LogP contribution in [-0.2, 0) is 0 Å². The first-order valence-corrected chi connectivity index (χ1v) is 4.98. The van der Waals surface area contributed by atoms with Gasteiger partial charge in [0.1, 0.15) is 0 Å². The molecule has 60 valence electrons. The predicted molar refractivity (Wildman–Crippen MR) is 53.5 cm³/mol. The van der Waals surface area contributed by atoms with Crippen LogP contribution in [0.4, 0.5) is 0 Å². The Kier molecular flexibility index (Phi) is 2.85. The lowest BCUT2D eigenvalue weighted by Gasteiger charge is -2.12. The van der Waals surface area contributed by atoms with Gasteiger partial charge in [0.25, 0.3) is 0 Å². The molecule has 1 aromatic rings. The van der Waals surface area contributed by atoms with Crippen molar-refractivity contribution in [3.63, 3.8) is 0 Å². The van der Waals surface area contributed by atoms with Crippen LogP contribution in [0.25, 0.3) is 0 Å². The lowest BCUT2D eigenvalue weighted by molar-refractivity contribution is 0.656. The maximum absolute atomic E-state index is 3.24. The molecule has 0 saturated heterocycles. The number of nitrogens with one attached hydrogen (secondary N) is 1. The minimum absolute atomic E-state index is 0.490. The number of rotatable bonds is 2. The molecule has 0 bridgehead atoms. The smallest absolute Gasteiger partial charge is 0.0389 e. The van der Waals surface area contributed by atoms with Crippen molar-refractivity contribution < 1.29 is 0 Å². The van der Waals surface area contributed by atoms with Gasteiger partial charge in [-0.3, -0.25) is 0 Å². The van der Waals surface area contributed by atoms with E-state index in [-0.39, 0.29) is 0 Å². The Morgan fingerprint density at radius 3 is 2.55 bits per heavy atom. The topological polar surface area (TPSA) is 12.0 Å². The molecule has 0 heterocycles. The van der Waals surface area contributed by atoms with E-state index in [2.05, 4.69) is 36.5 Å². The van der Waals surface area contributed by atoms with Gasteiger partial charge in [0, 0.05) is 16.3 Å². The molecule has 2 heteroatoms. The largest absolute Gasteiger partial charge is 0.313 e. The van der Waals surface area contributed by atoms with Crippen LogP contribution >= 0.6 is 0 Å². The summed E-state index contributed by atoms with van der Waals surface area (Å²) >= 11 is 0. The van der Waals surface area contributed by atoms with E-state index in [9.17, 15) is 0 Å². The van der Waals surface area contributed by atoms with Crippen LogP contribution in [0, 0.1) is 0 Å². The quantitative estimate of drug-likeness (QED) is 0.606. The van der Waals surface area contributed by atoms with Gasteiger partial charge in [0.05, 0.1) is 0 Å². The fraction of sp³-hybridized carbons (Fsp3) is 0.333. The van der Waals surface area contributed by atoms with Gasteiger partial charge in [-0.1, -0.05) is 29.5 Å². The molecule has 0 fully saturated rings. The molecule has 11 heavy (non-hydrogen) atoms. The van der Waals surface area contributed by atoms with Crippen molar-refractivity contribution >= 4 is 15.4 Å². The molecule has 0 aliphatic carbocycles. The zero-order valence-electron chi connectivity index (χ0n) is 7.39. The lowest BCUT2D eigenvalue weighted by Crippen LogP contribution is -2.20. The van der Waals surface area contributed by atoms with Crippen LogP contribution in [0.1, 0.15) is 18.5 Å². The van der Waals surface area contributed by atoms with Gasteiger partial charge in [-0.25, -0.2) is 0 Å². The monoisotopic (exact) mass is 165 g/mol. The summed E-state index contributed by atoms with van der Waals surface area (Å²) in [5.41, 5.74) is 1.45. The molecule has 1 rings (SSSR count). The molecule has 1 nitrogen and oxygen atoms in total. The summed E-state index contributed by atoms with van der Waals surface area (Å²) in [6, 6.07) is 9.10. The summed E-state index contributed by atoms with van der Waals surface area (Å²) in [5.74, 6) is 0. The molecule has 0 aliphatic rings. The average Bonchev–Trinajstić information content (AvgIpc) is 2.04. The van der Waals surface area contributed by atoms with Gasteiger partial charge in [0.15, 0.2) is 0 Å². The van der Waals surface area contributed by atoms with Crippen LogP contribution in [0.5, 0.6) is 0 Å². The van der Waals surface area contributed by atoms with E-state index < -0.39 is 0 Å². The third-order valence-electron chi connectivity index (χ3n) is 2.09. The van der Waals surface area contributed by atoms with E-state index in [0.29, 0.717) is 6.04 Å². The van der Waals surface area contributed by atoms with Gasteiger partial charge in [-0.15, -0.1) is 0 Å². The third-order valence-corrected chi connectivity index (χ3v) is 3.00. The van der Waals surface area contributed by atoms with E-state index in [1.54, 1.807) is 0 Å². The number of hydrogen-bond acceptors (Lipinski definition) is 1. The second-order valence-electron chi connectivity index (χ2n) is 2.87. The zero-order valence-corrected chi connectivity index (χ0v) is 9.39. The summed E-state index contributed by atoms with van der Waals surface area (Å²) in [5, 5.41) is 4.74. The maximum Gasteiger partial charge on any atom is 0.0389 e. The summed E-state index contributed by atoms with van der Waals surface area (Å²) in [7, 11) is 3.14. The molecule has 1 aromatic carbocycles. The van der Waals surface area contributed by atoms with Crippen molar-refractivity contribution in [2.75, 3.05) is 7.05 Å². The Balaban J connectivity index is 2.93. The van der Waals surface area contributed by atoms with E-state index >= 15 is 0 Å². The fourth-order valence-corrected chi connectivity index (χ4v) is 2.02. The SMILES string of the molecule is CNC(C)c1ccccc1[SiH3]. The predicted octanol–water partition coefficient (Wildman–Crippen LogP) is -0.0423. The minimum Gasteiger partial charge on any atom is -0.313 e. The molecule has 0 spiro atoms. The highest BCUT2D eigenvalue weighted by atomic mass is 28.1. The molecule has 0 radical (unpaired) electrons. The van der Waals surface area contributed by atoms with E-state index in [0.717, 1.165) is 10.2 Å². The molecule has 1 unspecified atom stereocenters. The molecular formula is C9H15NSi. The highest BCUT2D eigenvalue weighted by Gasteiger charge is 2.02. The summed E-state index contributed by atoms with van der Waals surface area (Å²) in [4.78, 5) is 0. The molecule has 1 N–H and O–H groups in total. The third kappa shape index (κ3) is 1.91. The highest BCUT2D eigenvalue weighted by Crippen LogP contribution is 2.06. The van der Waals surface area contributed by atoms with E-state index in [1.165, 1.54) is 10.8 Å². The first kappa shape index (κ1) is 8.49. The van der Waals surface area contributed by atoms with Crippen molar-refractivity contribution in [2.45, 2.75) is 13.0 Å². The molecule has 0 aliphatic heterocycles. The van der Waals surface area contributed by atoms with Crippen molar-refractivity contribution in [3.05, 3.63) is 29.8 Å². The molecular weight excluding hydrogens is 150 g/mol. The molecule has 0 amide bonds. The Bertz CT molecular complexity index is 235. The maximum atomic E-state index is 3.24. The summed E-state index contributed by atoms with van der Waals surface area (Å²) in [6.45, 7) is 2.19. The first-order valence-electron chi connectivity index (χ1n) is 3.98. The van der Waals surface area contributed by atoms with Crippen molar-refractivity contribution in [1.82, 2.24) is 5.32 Å². The standard InChI is InChI=1S/C9H15NSi/c1-7(10-2)8-5-3-4-6-9(8)11/h3-7,10H,1-2,11H3. The van der Waals surface area contributed by atoms with Gasteiger partial charge in [-0.05, 0) is 19.5 Å². The zero-order chi connectivity index (χ0) is 8.27. The van der Waals surface area contributed by atoms with Crippen LogP contribution in [0.15, 0.2) is 24.3 Å². The van der Waals surface area contributed by atoms with Crippen LogP contribution < -0.4 is 10.5 Å². The molecule has 0 saturated carbocycles. The Morgan fingerprint density at radius 2 is 2.00 bits per heavy atom. The Morgan fingerprint density at radius 1 is 1.36 bits per heavy atom. The van der Waals surface area contributed by atoms with Gasteiger partial charge in [0.2, 0.25) is 0 Å². The fourth-order valence-electron chi connectivity index (χ4n) is 1.23. The van der Waals surface area contributed by atoms with Gasteiger partial charge >= 0.3 is 0 Å². The minimum atomic E-state index is 0.490. The van der Waals surface area contributed by atoms with Crippen LogP contribution in [0.3, 0.4) is 0 Å². The first-order chi connectivity index (χ1) is 5.25. The number of hydrogen-bond donors (Lipinski definition) is 1. The Hall–Kier alpha value is -0.603. The Labute approximate surface area is 71.2 Å². The van der Waals surface area contributed by atoms with Gasteiger partial charge < -0.3 is 5.32 Å². The van der Waals surface area contributed by atoms with E-state index in [4.69, 9.17) is 0 Å². The van der Waals surface area contributed by atoms with Crippen molar-refractivity contribution in [3.8, 4) is 0 Å². The highest BCUT2D eigenvalue weighted by molar-refractivity contribution is 6.33. The summed E-state index contributed by atoms with van der Waals surface area (Å²) in [6.07, 6.45) is 0. The molecule has 1 atom stereocenters. The van der Waals surface area contributed by atoms with Crippen LogP contribution in [0.2, 0.25) is 0 Å². The summed E-state index contributed by atoms with van der Waals surface area (Å²) < 4.78 is 0. The number of benzene rings is 1. The second-order valence-corrected chi connectivity index (χ2v) is 3.94. The van der Waals surface area contributed by atoms with Gasteiger partial charge in [-0.2, -0.15) is 0 Å². The van der Waals surface area contributed by atoms with Crippen LogP contribution in [-0.4, -0.2) is 17.3 Å². The van der Waals surface area contributed by atoms with E-state index in [1.807, 2.05) is 7.05 Å². The lowest BCUT2D eigenvalue weighted by atomic mass is 10.1. The second kappa shape index (κ2) is 3.69. The molecule has 0 aromatic heterocycles. The average molecular weight is 165 g/mol. The van der Waals surface area contributed by atoms with Crippen molar-refractivity contribution in [1.29, 1.82) is 0 Å².